The van der Waals surface area contributed by atoms with Crippen molar-refractivity contribution >= 4 is 27.1 Å². The molecule has 2 rings (SSSR count). The number of nitrogens with zero attached hydrogens (tertiary/aromatic N) is 1. The van der Waals surface area contributed by atoms with Crippen molar-refractivity contribution in [2.24, 2.45) is 0 Å². The summed E-state index contributed by atoms with van der Waals surface area (Å²) in [6.07, 6.45) is 2.73. The second kappa shape index (κ2) is 14.1. The molecule has 0 saturated carbocycles. The number of aliphatic hydroxyl groups excluding tert-OH is 1. The van der Waals surface area contributed by atoms with Gasteiger partial charge in [0.15, 0.2) is 9.84 Å². The van der Waals surface area contributed by atoms with E-state index in [-0.39, 0.29) is 31.3 Å². The van der Waals surface area contributed by atoms with Crippen molar-refractivity contribution < 1.29 is 37.7 Å². The van der Waals surface area contributed by atoms with Crippen molar-refractivity contribution in [3.05, 3.63) is 75.8 Å². The molecule has 0 radical (unpaired) electrons. The number of hydrogen-bond donors (Lipinski definition) is 1. The zero-order chi connectivity index (χ0) is 25.7. The molecule has 35 heavy (non-hydrogen) atoms. The maximum absolute atomic E-state index is 12.1. The predicted octanol–water partition coefficient (Wildman–Crippen LogP) is 3.92. The Morgan fingerprint density at radius 2 is 1.49 bits per heavy atom. The van der Waals surface area contributed by atoms with E-state index in [0.29, 0.717) is 42.4 Å². The smallest absolute Gasteiger partial charge is 0.434 e. The lowest BCUT2D eigenvalue weighted by Gasteiger charge is -2.16. The lowest BCUT2D eigenvalue weighted by molar-refractivity contribution is -0.757. The van der Waals surface area contributed by atoms with E-state index in [1.165, 1.54) is 12.1 Å². The van der Waals surface area contributed by atoms with Crippen molar-refractivity contribution in [1.82, 2.24) is 0 Å². The number of rotatable bonds is 14. The zero-order valence-corrected chi connectivity index (χ0v) is 20.2. The van der Waals surface area contributed by atoms with Crippen LogP contribution in [0, 0.1) is 10.1 Å². The van der Waals surface area contributed by atoms with Gasteiger partial charge in [0.25, 0.3) is 5.09 Å². The predicted molar refractivity (Wildman–Crippen MR) is 129 cm³/mol. The van der Waals surface area contributed by atoms with Gasteiger partial charge in [-0.05, 0) is 48.1 Å². The van der Waals surface area contributed by atoms with Crippen LogP contribution < -0.4 is 0 Å². The van der Waals surface area contributed by atoms with Gasteiger partial charge in [-0.25, -0.2) is 13.2 Å². The molecule has 190 valence electrons. The van der Waals surface area contributed by atoms with Gasteiger partial charge in [-0.15, -0.1) is 10.1 Å². The van der Waals surface area contributed by atoms with Crippen LogP contribution in [0.15, 0.2) is 59.5 Å². The molecule has 0 aliphatic heterocycles. The Labute approximate surface area is 204 Å². The lowest BCUT2D eigenvalue weighted by Crippen LogP contribution is -2.12. The van der Waals surface area contributed by atoms with E-state index in [1.807, 2.05) is 30.3 Å². The maximum Gasteiger partial charge on any atom is 0.508 e. The molecule has 0 bridgehead atoms. The minimum absolute atomic E-state index is 0.0325. The molecule has 2 aromatic rings. The number of carbonyl (C=O) groups is 1. The van der Waals surface area contributed by atoms with E-state index in [1.54, 1.807) is 12.1 Å². The van der Waals surface area contributed by atoms with E-state index in [2.05, 4.69) is 4.84 Å². The van der Waals surface area contributed by atoms with Crippen LogP contribution in [0.2, 0.25) is 0 Å². The third kappa shape index (κ3) is 9.75. The number of hydrogen-bond acceptors (Lipinski definition) is 9. The molecule has 0 aliphatic rings. The van der Waals surface area contributed by atoms with E-state index >= 15 is 0 Å². The Kier molecular flexibility index (Phi) is 11.2. The highest BCUT2D eigenvalue weighted by molar-refractivity contribution is 7.90. The average Bonchev–Trinajstić information content (AvgIpc) is 2.83. The molecule has 0 atom stereocenters. The van der Waals surface area contributed by atoms with Crippen molar-refractivity contribution in [3.63, 3.8) is 0 Å². The quantitative estimate of drug-likeness (QED) is 0.132. The number of aliphatic hydroxyl groups is 1. The fourth-order valence-electron chi connectivity index (χ4n) is 3.27. The zero-order valence-electron chi connectivity index (χ0n) is 19.4. The maximum atomic E-state index is 12.1. The van der Waals surface area contributed by atoms with E-state index in [0.717, 1.165) is 11.8 Å². The van der Waals surface area contributed by atoms with Crippen LogP contribution in [0.1, 0.15) is 36.8 Å². The second-order valence-electron chi connectivity index (χ2n) is 7.64. The first-order valence-electron chi connectivity index (χ1n) is 11.0. The highest BCUT2D eigenvalue weighted by atomic mass is 32.2. The van der Waals surface area contributed by atoms with Gasteiger partial charge in [-0.2, -0.15) is 0 Å². The molecule has 11 heteroatoms. The first kappa shape index (κ1) is 27.8. The first-order chi connectivity index (χ1) is 16.7. The minimum atomic E-state index is -3.38. The molecule has 0 fully saturated rings. The summed E-state index contributed by atoms with van der Waals surface area (Å²) in [5.41, 5.74) is 2.37. The average molecular weight is 508 g/mol. The van der Waals surface area contributed by atoms with Crippen molar-refractivity contribution in [2.45, 2.75) is 30.6 Å². The van der Waals surface area contributed by atoms with Gasteiger partial charge in [-0.3, -0.25) is 0 Å². The van der Waals surface area contributed by atoms with Gasteiger partial charge in [0, 0.05) is 11.8 Å². The van der Waals surface area contributed by atoms with Crippen molar-refractivity contribution in [3.8, 4) is 0 Å². The summed E-state index contributed by atoms with van der Waals surface area (Å²) >= 11 is 0. The second-order valence-corrected chi connectivity index (χ2v) is 9.65. The van der Waals surface area contributed by atoms with Crippen LogP contribution in [-0.2, 0) is 24.1 Å². The molecule has 0 unspecified atom stereocenters. The van der Waals surface area contributed by atoms with Crippen LogP contribution in [-0.4, -0.2) is 57.4 Å². The monoisotopic (exact) mass is 507 g/mol. The van der Waals surface area contributed by atoms with Gasteiger partial charge in [0.1, 0.15) is 6.61 Å². The van der Waals surface area contributed by atoms with Crippen LogP contribution in [0.4, 0.5) is 4.79 Å². The summed E-state index contributed by atoms with van der Waals surface area (Å²) in [5.74, 6) is 0. The molecule has 0 aromatic heterocycles. The summed E-state index contributed by atoms with van der Waals surface area (Å²) in [6.45, 7) is -0.362. The van der Waals surface area contributed by atoms with Gasteiger partial charge >= 0.3 is 6.16 Å². The SMILES string of the molecule is CS(=O)(=O)c1ccc(C(COC(=O)OCCCCCCO[N+](=O)[O-])=C(CO)c2ccccc2)cc1. The van der Waals surface area contributed by atoms with E-state index in [9.17, 15) is 28.4 Å². The highest BCUT2D eigenvalue weighted by Crippen LogP contribution is 2.27. The molecular formula is C24H29NO9S. The largest absolute Gasteiger partial charge is 0.508 e. The van der Waals surface area contributed by atoms with Gasteiger partial charge in [0.05, 0.1) is 24.7 Å². The van der Waals surface area contributed by atoms with Crippen LogP contribution >= 0.6 is 0 Å². The Hall–Kier alpha value is -3.44. The van der Waals surface area contributed by atoms with Crippen LogP contribution in [0.5, 0.6) is 0 Å². The third-order valence-electron chi connectivity index (χ3n) is 5.07. The fraction of sp³-hybridized carbons (Fsp3) is 0.375. The Morgan fingerprint density at radius 3 is 2.06 bits per heavy atom. The normalized spacial score (nSPS) is 11.9. The molecule has 1 N–H and O–H groups in total. The number of sulfone groups is 1. The molecule has 0 amide bonds. The minimum Gasteiger partial charge on any atom is -0.434 e. The summed E-state index contributed by atoms with van der Waals surface area (Å²) in [4.78, 5) is 26.6. The molecule has 0 saturated heterocycles. The fourth-order valence-corrected chi connectivity index (χ4v) is 3.90. The van der Waals surface area contributed by atoms with Crippen molar-refractivity contribution in [2.75, 3.05) is 32.7 Å². The number of benzene rings is 2. The Bertz CT molecular complexity index is 1100. The Balaban J connectivity index is 2.03. The molecule has 10 nitrogen and oxygen atoms in total. The molecule has 0 spiro atoms. The number of carbonyl (C=O) groups excluding carboxylic acids is 1. The molecule has 0 aliphatic carbocycles. The highest BCUT2D eigenvalue weighted by Gasteiger charge is 2.16. The summed E-state index contributed by atoms with van der Waals surface area (Å²) in [6, 6.07) is 15.2. The topological polar surface area (TPSA) is 142 Å². The van der Waals surface area contributed by atoms with E-state index < -0.39 is 21.1 Å². The number of ether oxygens (including phenoxy) is 2. The van der Waals surface area contributed by atoms with E-state index in [4.69, 9.17) is 9.47 Å². The van der Waals surface area contributed by atoms with Gasteiger partial charge in [-0.1, -0.05) is 48.9 Å². The standard InChI is InChI=1S/C24H29NO9S/c1-35(30,31)21-13-11-20(12-14-21)23(22(17-26)19-9-5-4-6-10-19)18-33-24(27)32-15-7-2-3-8-16-34-25(28)29/h4-6,9-14,26H,2-3,7-8,15-18H2,1H3. The first-order valence-corrected chi connectivity index (χ1v) is 12.9. The van der Waals surface area contributed by atoms with Crippen molar-refractivity contribution in [1.29, 1.82) is 0 Å². The van der Waals surface area contributed by atoms with Gasteiger partial charge in [0.2, 0.25) is 0 Å². The third-order valence-corrected chi connectivity index (χ3v) is 6.19. The number of unbranched alkanes of at least 4 members (excludes halogenated alkanes) is 3. The van der Waals surface area contributed by atoms with Gasteiger partial charge < -0.3 is 19.4 Å². The summed E-state index contributed by atoms with van der Waals surface area (Å²) < 4.78 is 34.0. The lowest BCUT2D eigenvalue weighted by atomic mass is 9.95. The summed E-state index contributed by atoms with van der Waals surface area (Å²) in [5, 5.41) is 19.3. The Morgan fingerprint density at radius 1 is 0.886 bits per heavy atom. The molecular weight excluding hydrogens is 478 g/mol. The van der Waals surface area contributed by atoms with Crippen LogP contribution in [0.25, 0.3) is 11.1 Å². The molecule has 0 heterocycles. The van der Waals surface area contributed by atoms with Crippen LogP contribution in [0.3, 0.4) is 0 Å². The molecule has 2 aromatic carbocycles. The summed E-state index contributed by atoms with van der Waals surface area (Å²) in [7, 11) is -3.38.